The van der Waals surface area contributed by atoms with Gasteiger partial charge in [-0.3, -0.25) is 0 Å². The largest absolute Gasteiger partial charge is 0.875 e. The van der Waals surface area contributed by atoms with Crippen LogP contribution in [0.2, 0.25) is 0 Å². The highest BCUT2D eigenvalue weighted by Crippen LogP contribution is 2.14. The SMILES string of the molecule is [O-]C(CCCc1ccccc1)=C1C=CC=C1. The molecule has 0 unspecified atom stereocenters. The number of hydrogen-bond donors (Lipinski definition) is 0. The average Bonchev–Trinajstić information content (AvgIpc) is 2.84. The summed E-state index contributed by atoms with van der Waals surface area (Å²) < 4.78 is 0. The molecule has 82 valence electrons. The van der Waals surface area contributed by atoms with Gasteiger partial charge in [0.2, 0.25) is 0 Å². The molecule has 1 nitrogen and oxygen atoms in total. The highest BCUT2D eigenvalue weighted by molar-refractivity contribution is 5.41. The number of allylic oxidation sites excluding steroid dienone is 6. The van der Waals surface area contributed by atoms with Crippen molar-refractivity contribution in [2.24, 2.45) is 0 Å². The van der Waals surface area contributed by atoms with E-state index >= 15 is 0 Å². The third-order valence-corrected chi connectivity index (χ3v) is 2.70. The normalized spacial score (nSPS) is 13.4. The van der Waals surface area contributed by atoms with Crippen molar-refractivity contribution in [1.82, 2.24) is 0 Å². The first kappa shape index (κ1) is 10.7. The van der Waals surface area contributed by atoms with Gasteiger partial charge in [0.25, 0.3) is 0 Å². The quantitative estimate of drug-likeness (QED) is 0.702. The zero-order valence-corrected chi connectivity index (χ0v) is 9.23. The standard InChI is InChI=1S/C15H16O/c16-15(14-10-4-5-11-14)12-6-9-13-7-2-1-3-8-13/h1-5,7-8,10-11,16H,6,9,12H2/p-1. The van der Waals surface area contributed by atoms with Crippen molar-refractivity contribution in [2.45, 2.75) is 19.3 Å². The van der Waals surface area contributed by atoms with Crippen LogP contribution in [-0.2, 0) is 6.42 Å². The molecule has 0 amide bonds. The Morgan fingerprint density at radius 1 is 1.00 bits per heavy atom. The second-order valence-electron chi connectivity index (χ2n) is 3.94. The lowest BCUT2D eigenvalue weighted by atomic mass is 10.1. The Balaban J connectivity index is 1.83. The van der Waals surface area contributed by atoms with Crippen LogP contribution in [0.25, 0.3) is 0 Å². The van der Waals surface area contributed by atoms with E-state index in [0.29, 0.717) is 6.42 Å². The first-order valence-electron chi connectivity index (χ1n) is 5.65. The predicted octanol–water partition coefficient (Wildman–Crippen LogP) is 2.75. The van der Waals surface area contributed by atoms with Crippen LogP contribution in [0, 0.1) is 0 Å². The molecule has 0 N–H and O–H groups in total. The van der Waals surface area contributed by atoms with Gasteiger partial charge in [0.05, 0.1) is 0 Å². The molecule has 1 aromatic carbocycles. The molecule has 0 saturated carbocycles. The maximum Gasteiger partial charge on any atom is -0.0276 e. The number of aryl methyl sites for hydroxylation is 1. The van der Waals surface area contributed by atoms with E-state index < -0.39 is 0 Å². The number of rotatable bonds is 4. The predicted molar refractivity (Wildman–Crippen MR) is 64.7 cm³/mol. The lowest BCUT2D eigenvalue weighted by molar-refractivity contribution is -0.307. The van der Waals surface area contributed by atoms with Gasteiger partial charge < -0.3 is 5.11 Å². The third kappa shape index (κ3) is 2.86. The maximum absolute atomic E-state index is 11.7. The first-order valence-corrected chi connectivity index (χ1v) is 5.65. The van der Waals surface area contributed by atoms with Gasteiger partial charge >= 0.3 is 0 Å². The fourth-order valence-corrected chi connectivity index (χ4v) is 1.80. The molecule has 0 fully saturated rings. The molecule has 0 bridgehead atoms. The summed E-state index contributed by atoms with van der Waals surface area (Å²) in [5, 5.41) is 11.7. The highest BCUT2D eigenvalue weighted by atomic mass is 16.3. The van der Waals surface area contributed by atoms with Crippen molar-refractivity contribution in [2.75, 3.05) is 0 Å². The molecule has 16 heavy (non-hydrogen) atoms. The Morgan fingerprint density at radius 2 is 1.69 bits per heavy atom. The van der Waals surface area contributed by atoms with Crippen molar-refractivity contribution in [3.05, 3.63) is 71.5 Å². The molecule has 0 aromatic heterocycles. The van der Waals surface area contributed by atoms with Gasteiger partial charge in [-0.25, -0.2) is 0 Å². The van der Waals surface area contributed by atoms with Gasteiger partial charge in [-0.1, -0.05) is 54.6 Å². The van der Waals surface area contributed by atoms with Crippen LogP contribution in [0.3, 0.4) is 0 Å². The molecular formula is C15H15O-. The van der Waals surface area contributed by atoms with Crippen molar-refractivity contribution >= 4 is 0 Å². The minimum absolute atomic E-state index is 0.251. The lowest BCUT2D eigenvalue weighted by Gasteiger charge is -2.14. The fourth-order valence-electron chi connectivity index (χ4n) is 1.80. The second-order valence-corrected chi connectivity index (χ2v) is 3.94. The zero-order chi connectivity index (χ0) is 11.2. The van der Waals surface area contributed by atoms with E-state index in [1.165, 1.54) is 5.56 Å². The summed E-state index contributed by atoms with van der Waals surface area (Å²) >= 11 is 0. The van der Waals surface area contributed by atoms with Gasteiger partial charge in [0.1, 0.15) is 0 Å². The summed E-state index contributed by atoms with van der Waals surface area (Å²) in [6.07, 6.45) is 10.1. The van der Waals surface area contributed by atoms with Gasteiger partial charge in [-0.2, -0.15) is 0 Å². The lowest BCUT2D eigenvalue weighted by Crippen LogP contribution is -2.06. The van der Waals surface area contributed by atoms with E-state index in [4.69, 9.17) is 0 Å². The third-order valence-electron chi connectivity index (χ3n) is 2.70. The monoisotopic (exact) mass is 211 g/mol. The molecule has 0 radical (unpaired) electrons. The van der Waals surface area contributed by atoms with E-state index in [1.54, 1.807) is 0 Å². The molecule has 0 saturated heterocycles. The van der Waals surface area contributed by atoms with Gasteiger partial charge in [-0.15, -0.1) is 5.76 Å². The first-order chi connectivity index (χ1) is 7.86. The van der Waals surface area contributed by atoms with Crippen LogP contribution in [0.5, 0.6) is 0 Å². The summed E-state index contributed by atoms with van der Waals surface area (Å²) in [4.78, 5) is 0. The van der Waals surface area contributed by atoms with Gasteiger partial charge in [0, 0.05) is 0 Å². The smallest absolute Gasteiger partial charge is 0.0276 e. The molecule has 1 aliphatic rings. The van der Waals surface area contributed by atoms with E-state index in [1.807, 2.05) is 42.5 Å². The Labute approximate surface area is 96.4 Å². The molecule has 0 spiro atoms. The zero-order valence-electron chi connectivity index (χ0n) is 9.23. The molecule has 0 atom stereocenters. The van der Waals surface area contributed by atoms with Gasteiger partial charge in [0.15, 0.2) is 0 Å². The van der Waals surface area contributed by atoms with Crippen LogP contribution >= 0.6 is 0 Å². The van der Waals surface area contributed by atoms with Crippen molar-refractivity contribution in [3.8, 4) is 0 Å². The Hall–Kier alpha value is -1.76. The van der Waals surface area contributed by atoms with Crippen LogP contribution in [0.15, 0.2) is 66.0 Å². The molecular weight excluding hydrogens is 196 g/mol. The number of benzene rings is 1. The van der Waals surface area contributed by atoms with Crippen LogP contribution in [0.4, 0.5) is 0 Å². The molecule has 1 aromatic rings. The van der Waals surface area contributed by atoms with Crippen LogP contribution in [0.1, 0.15) is 18.4 Å². The fraction of sp³-hybridized carbons (Fsp3) is 0.200. The Bertz CT molecular complexity index is 410. The van der Waals surface area contributed by atoms with Crippen LogP contribution < -0.4 is 5.11 Å². The van der Waals surface area contributed by atoms with E-state index in [0.717, 1.165) is 18.4 Å². The van der Waals surface area contributed by atoms with Crippen molar-refractivity contribution in [1.29, 1.82) is 0 Å². The van der Waals surface area contributed by atoms with Crippen molar-refractivity contribution < 1.29 is 5.11 Å². The summed E-state index contributed by atoms with van der Waals surface area (Å²) in [6.45, 7) is 0. The summed E-state index contributed by atoms with van der Waals surface area (Å²) in [7, 11) is 0. The molecule has 2 rings (SSSR count). The molecule has 1 heteroatoms. The average molecular weight is 211 g/mol. The summed E-state index contributed by atoms with van der Waals surface area (Å²) in [5.41, 5.74) is 2.14. The van der Waals surface area contributed by atoms with E-state index in [-0.39, 0.29) is 5.76 Å². The Morgan fingerprint density at radius 3 is 2.38 bits per heavy atom. The van der Waals surface area contributed by atoms with E-state index in [2.05, 4.69) is 12.1 Å². The number of hydrogen-bond acceptors (Lipinski definition) is 1. The highest BCUT2D eigenvalue weighted by Gasteiger charge is 1.96. The van der Waals surface area contributed by atoms with Gasteiger partial charge in [-0.05, 0) is 30.4 Å². The van der Waals surface area contributed by atoms with Crippen molar-refractivity contribution in [3.63, 3.8) is 0 Å². The molecule has 0 aliphatic heterocycles. The topological polar surface area (TPSA) is 23.1 Å². The second kappa shape index (κ2) is 5.36. The summed E-state index contributed by atoms with van der Waals surface area (Å²) in [6, 6.07) is 10.3. The minimum Gasteiger partial charge on any atom is -0.875 e. The maximum atomic E-state index is 11.7. The van der Waals surface area contributed by atoms with Crippen LogP contribution in [-0.4, -0.2) is 0 Å². The molecule has 1 aliphatic carbocycles. The Kier molecular flexibility index (Phi) is 3.60. The minimum atomic E-state index is 0.251. The summed E-state index contributed by atoms with van der Waals surface area (Å²) in [5.74, 6) is 0.251. The van der Waals surface area contributed by atoms with E-state index in [9.17, 15) is 5.11 Å². The molecule has 0 heterocycles.